The number of rotatable bonds is 8. The third-order valence-electron chi connectivity index (χ3n) is 4.55. The van der Waals surface area contributed by atoms with Gasteiger partial charge in [-0.3, -0.25) is 24.5 Å². The first-order chi connectivity index (χ1) is 12.6. The average Bonchev–Trinajstić information content (AvgIpc) is 3.38. The van der Waals surface area contributed by atoms with Gasteiger partial charge in [0, 0.05) is 18.7 Å². The molecular weight excluding hydrogens is 378 g/mol. The number of carbonyl (C=O) groups is 3. The van der Waals surface area contributed by atoms with Crippen LogP contribution in [-0.2, 0) is 9.59 Å². The van der Waals surface area contributed by atoms with Crippen LogP contribution in [0.25, 0.3) is 0 Å². The molecule has 10 heteroatoms. The van der Waals surface area contributed by atoms with Crippen molar-refractivity contribution in [2.45, 2.75) is 32.7 Å². The molecule has 0 radical (unpaired) electrons. The Bertz CT molecular complexity index is 791. The lowest BCUT2D eigenvalue weighted by Gasteiger charge is -2.23. The SMILES string of the molecule is CC(C)C(NC(=O)c1ccc([N+](=O)[O-])cc1Cl)C(=O)NCC1(C(=O)O)CC1. The first-order valence-electron chi connectivity index (χ1n) is 8.33. The molecule has 1 aromatic carbocycles. The first kappa shape index (κ1) is 20.6. The summed E-state index contributed by atoms with van der Waals surface area (Å²) in [6, 6.07) is 2.52. The van der Waals surface area contributed by atoms with Gasteiger partial charge in [-0.1, -0.05) is 25.4 Å². The van der Waals surface area contributed by atoms with Crippen LogP contribution in [-0.4, -0.2) is 40.4 Å². The van der Waals surface area contributed by atoms with E-state index in [0.29, 0.717) is 12.8 Å². The van der Waals surface area contributed by atoms with Crippen molar-refractivity contribution in [1.82, 2.24) is 10.6 Å². The zero-order chi connectivity index (χ0) is 20.4. The highest BCUT2D eigenvalue weighted by atomic mass is 35.5. The summed E-state index contributed by atoms with van der Waals surface area (Å²) in [5, 5.41) is 25.0. The van der Waals surface area contributed by atoms with E-state index in [2.05, 4.69) is 10.6 Å². The molecule has 2 amide bonds. The predicted octanol–water partition coefficient (Wildman–Crippen LogP) is 1.98. The number of non-ortho nitro benzene ring substituents is 1. The topological polar surface area (TPSA) is 139 Å². The quantitative estimate of drug-likeness (QED) is 0.452. The molecule has 0 heterocycles. The molecule has 9 nitrogen and oxygen atoms in total. The smallest absolute Gasteiger partial charge is 0.311 e. The van der Waals surface area contributed by atoms with Gasteiger partial charge in [-0.05, 0) is 24.8 Å². The van der Waals surface area contributed by atoms with Gasteiger partial charge in [0.2, 0.25) is 5.91 Å². The Kier molecular flexibility index (Phi) is 6.04. The number of hydrogen-bond acceptors (Lipinski definition) is 5. The fourth-order valence-corrected chi connectivity index (χ4v) is 2.80. The van der Waals surface area contributed by atoms with Crippen molar-refractivity contribution < 1.29 is 24.4 Å². The van der Waals surface area contributed by atoms with Gasteiger partial charge in [0.1, 0.15) is 6.04 Å². The van der Waals surface area contributed by atoms with E-state index in [1.165, 1.54) is 6.07 Å². The zero-order valence-corrected chi connectivity index (χ0v) is 15.6. The monoisotopic (exact) mass is 397 g/mol. The summed E-state index contributed by atoms with van der Waals surface area (Å²) in [4.78, 5) is 46.2. The van der Waals surface area contributed by atoms with Crippen LogP contribution in [0.5, 0.6) is 0 Å². The lowest BCUT2D eigenvalue weighted by molar-refractivity contribution is -0.384. The number of carboxylic acids is 1. The molecule has 0 saturated heterocycles. The number of nitrogens with one attached hydrogen (secondary N) is 2. The van der Waals surface area contributed by atoms with E-state index in [-0.39, 0.29) is 28.7 Å². The molecule has 0 aliphatic heterocycles. The lowest BCUT2D eigenvalue weighted by atomic mass is 10.0. The van der Waals surface area contributed by atoms with Gasteiger partial charge in [-0.2, -0.15) is 0 Å². The fourth-order valence-electron chi connectivity index (χ4n) is 2.54. The predicted molar refractivity (Wildman–Crippen MR) is 96.5 cm³/mol. The molecule has 2 rings (SSSR count). The van der Waals surface area contributed by atoms with Crippen LogP contribution in [0.3, 0.4) is 0 Å². The second-order valence-electron chi connectivity index (χ2n) is 6.92. The van der Waals surface area contributed by atoms with Crippen molar-refractivity contribution in [3.05, 3.63) is 38.9 Å². The molecule has 1 aromatic rings. The Morgan fingerprint density at radius 2 is 1.96 bits per heavy atom. The van der Waals surface area contributed by atoms with Crippen molar-refractivity contribution in [1.29, 1.82) is 0 Å². The van der Waals surface area contributed by atoms with E-state index in [1.807, 2.05) is 0 Å². The number of carbonyl (C=O) groups excluding carboxylic acids is 2. The molecule has 0 bridgehead atoms. The number of aliphatic carboxylic acids is 1. The maximum atomic E-state index is 12.4. The number of nitro benzene ring substituents is 1. The lowest BCUT2D eigenvalue weighted by Crippen LogP contribution is -2.51. The van der Waals surface area contributed by atoms with E-state index in [4.69, 9.17) is 16.7 Å². The number of amides is 2. The summed E-state index contributed by atoms with van der Waals surface area (Å²) in [5.74, 6) is -2.37. The van der Waals surface area contributed by atoms with Gasteiger partial charge < -0.3 is 15.7 Å². The largest absolute Gasteiger partial charge is 0.481 e. The fraction of sp³-hybridized carbons (Fsp3) is 0.471. The van der Waals surface area contributed by atoms with Crippen LogP contribution in [0.1, 0.15) is 37.0 Å². The minimum Gasteiger partial charge on any atom is -0.481 e. The van der Waals surface area contributed by atoms with E-state index < -0.39 is 34.2 Å². The molecule has 0 spiro atoms. The third kappa shape index (κ3) is 4.73. The van der Waals surface area contributed by atoms with E-state index in [9.17, 15) is 24.5 Å². The molecule has 27 heavy (non-hydrogen) atoms. The van der Waals surface area contributed by atoms with Crippen LogP contribution < -0.4 is 10.6 Å². The molecule has 1 unspecified atom stereocenters. The summed E-state index contributed by atoms with van der Waals surface area (Å²) in [7, 11) is 0. The molecule has 0 aromatic heterocycles. The van der Waals surface area contributed by atoms with Crippen molar-refractivity contribution in [2.24, 2.45) is 11.3 Å². The Morgan fingerprint density at radius 1 is 1.33 bits per heavy atom. The third-order valence-corrected chi connectivity index (χ3v) is 4.86. The molecule has 1 aliphatic carbocycles. The molecule has 146 valence electrons. The number of nitro groups is 1. The molecule has 1 saturated carbocycles. The van der Waals surface area contributed by atoms with Crippen molar-refractivity contribution in [3.8, 4) is 0 Å². The summed E-state index contributed by atoms with van der Waals surface area (Å²) in [5.41, 5.74) is -1.16. The number of carboxylic acid groups (broad SMARTS) is 1. The van der Waals surface area contributed by atoms with Crippen LogP contribution in [0, 0.1) is 21.4 Å². The summed E-state index contributed by atoms with van der Waals surface area (Å²) >= 11 is 5.94. The molecular formula is C17H20ClN3O6. The number of halogens is 1. The van der Waals surface area contributed by atoms with Crippen LogP contribution in [0.15, 0.2) is 18.2 Å². The van der Waals surface area contributed by atoms with Gasteiger partial charge in [-0.15, -0.1) is 0 Å². The van der Waals surface area contributed by atoms with E-state index >= 15 is 0 Å². The minimum absolute atomic E-state index is 0.00144. The highest BCUT2D eigenvalue weighted by molar-refractivity contribution is 6.34. The van der Waals surface area contributed by atoms with Crippen molar-refractivity contribution >= 4 is 35.1 Å². The van der Waals surface area contributed by atoms with Gasteiger partial charge in [0.15, 0.2) is 0 Å². The van der Waals surface area contributed by atoms with Crippen molar-refractivity contribution in [3.63, 3.8) is 0 Å². The molecule has 1 atom stereocenters. The number of benzene rings is 1. The Labute approximate surface area is 160 Å². The summed E-state index contributed by atoms with van der Waals surface area (Å²) in [6.45, 7) is 3.46. The van der Waals surface area contributed by atoms with Crippen LogP contribution in [0.4, 0.5) is 5.69 Å². The average molecular weight is 398 g/mol. The highest BCUT2D eigenvalue weighted by Gasteiger charge is 2.50. The molecule has 3 N–H and O–H groups in total. The Hall–Kier alpha value is -2.68. The molecule has 1 aliphatic rings. The number of nitrogens with zero attached hydrogens (tertiary/aromatic N) is 1. The van der Waals surface area contributed by atoms with Gasteiger partial charge in [0.25, 0.3) is 11.6 Å². The maximum absolute atomic E-state index is 12.4. The van der Waals surface area contributed by atoms with Gasteiger partial charge in [-0.25, -0.2) is 0 Å². The summed E-state index contributed by atoms with van der Waals surface area (Å²) < 4.78 is 0. The number of hydrogen-bond donors (Lipinski definition) is 3. The minimum atomic E-state index is -0.953. The molecule has 1 fully saturated rings. The Morgan fingerprint density at radius 3 is 2.41 bits per heavy atom. The first-order valence-corrected chi connectivity index (χ1v) is 8.71. The highest BCUT2D eigenvalue weighted by Crippen LogP contribution is 2.45. The van der Waals surface area contributed by atoms with E-state index in [0.717, 1.165) is 12.1 Å². The van der Waals surface area contributed by atoms with Crippen LogP contribution >= 0.6 is 11.6 Å². The Balaban J connectivity index is 2.07. The second-order valence-corrected chi connectivity index (χ2v) is 7.33. The van der Waals surface area contributed by atoms with Crippen LogP contribution in [0.2, 0.25) is 5.02 Å². The van der Waals surface area contributed by atoms with Crippen molar-refractivity contribution in [2.75, 3.05) is 6.54 Å². The van der Waals surface area contributed by atoms with E-state index in [1.54, 1.807) is 13.8 Å². The van der Waals surface area contributed by atoms with Gasteiger partial charge in [0.05, 0.1) is 20.9 Å². The second kappa shape index (κ2) is 7.91. The zero-order valence-electron chi connectivity index (χ0n) is 14.8. The standard InChI is InChI=1S/C17H20ClN3O6/c1-9(2)13(15(23)19-8-17(5-6-17)16(24)25)20-14(22)11-4-3-10(21(26)27)7-12(11)18/h3-4,7,9,13H,5-6,8H2,1-2H3,(H,19,23)(H,20,22)(H,24,25). The van der Waals surface area contributed by atoms with Gasteiger partial charge >= 0.3 is 5.97 Å². The maximum Gasteiger partial charge on any atom is 0.311 e. The normalized spacial score (nSPS) is 15.7. The summed E-state index contributed by atoms with van der Waals surface area (Å²) in [6.07, 6.45) is 0.999.